The molecule has 1 aliphatic heterocycles. The predicted molar refractivity (Wildman–Crippen MR) is 114 cm³/mol. The first-order chi connectivity index (χ1) is 15.3. The molecule has 10 nitrogen and oxygen atoms in total. The first-order valence-corrected chi connectivity index (χ1v) is 9.93. The van der Waals surface area contributed by atoms with E-state index in [1.165, 1.54) is 25.3 Å². The quantitative estimate of drug-likeness (QED) is 0.379. The number of hydrogen-bond donors (Lipinski definition) is 1. The zero-order chi connectivity index (χ0) is 23.3. The number of rotatable bonds is 8. The molecular formula is C22H23N3O7. The molecule has 1 saturated heterocycles. The summed E-state index contributed by atoms with van der Waals surface area (Å²) in [6.45, 7) is 1.44. The summed E-state index contributed by atoms with van der Waals surface area (Å²) < 4.78 is 10.1. The Morgan fingerprint density at radius 1 is 1.25 bits per heavy atom. The summed E-state index contributed by atoms with van der Waals surface area (Å²) in [6.07, 6.45) is -0.00101. The molecule has 168 valence electrons. The Labute approximate surface area is 184 Å². The van der Waals surface area contributed by atoms with Crippen molar-refractivity contribution in [2.24, 2.45) is 5.92 Å². The van der Waals surface area contributed by atoms with Crippen LogP contribution < -0.4 is 10.1 Å². The summed E-state index contributed by atoms with van der Waals surface area (Å²) >= 11 is 0. The second-order valence-corrected chi connectivity index (χ2v) is 7.33. The molecule has 0 saturated carbocycles. The van der Waals surface area contributed by atoms with Crippen molar-refractivity contribution < 1.29 is 28.8 Å². The average Bonchev–Trinajstić information content (AvgIpc) is 3.18. The third kappa shape index (κ3) is 5.20. The van der Waals surface area contributed by atoms with Crippen LogP contribution >= 0.6 is 0 Å². The fourth-order valence-corrected chi connectivity index (χ4v) is 3.52. The second-order valence-electron chi connectivity index (χ2n) is 7.33. The number of methoxy groups -OCH3 is 1. The molecule has 1 fully saturated rings. The molecule has 3 rings (SSSR count). The largest absolute Gasteiger partial charge is 0.497 e. The number of anilines is 1. The zero-order valence-corrected chi connectivity index (χ0v) is 17.6. The maximum Gasteiger partial charge on any atom is 0.311 e. The van der Waals surface area contributed by atoms with E-state index in [4.69, 9.17) is 9.47 Å². The van der Waals surface area contributed by atoms with E-state index in [9.17, 15) is 24.5 Å². The van der Waals surface area contributed by atoms with E-state index >= 15 is 0 Å². The maximum absolute atomic E-state index is 12.4. The van der Waals surface area contributed by atoms with E-state index < -0.39 is 29.3 Å². The zero-order valence-electron chi connectivity index (χ0n) is 17.6. The molecule has 0 radical (unpaired) electrons. The van der Waals surface area contributed by atoms with Crippen molar-refractivity contribution in [3.63, 3.8) is 0 Å². The molecule has 2 aromatic carbocycles. The van der Waals surface area contributed by atoms with Gasteiger partial charge >= 0.3 is 5.97 Å². The molecule has 0 bridgehead atoms. The molecule has 10 heteroatoms. The standard InChI is InChI=1S/C22H23N3O7/c1-14(15-6-4-3-5-7-15)24-12-16(10-21(24)27)22(28)32-13-20(26)23-18-11-17(31-2)8-9-19(18)25(29)30/h3-9,11,14,16H,10,12-13H2,1-2H3,(H,23,26)/t14-,16+/m1/s1. The fraction of sp³-hybridized carbons (Fsp3) is 0.318. The number of carbonyl (C=O) groups excluding carboxylic acids is 3. The van der Waals surface area contributed by atoms with Gasteiger partial charge in [-0.3, -0.25) is 24.5 Å². The Kier molecular flexibility index (Phi) is 7.04. The lowest BCUT2D eigenvalue weighted by molar-refractivity contribution is -0.383. The number of ether oxygens (including phenoxy) is 2. The second kappa shape index (κ2) is 9.90. The molecule has 0 spiro atoms. The van der Waals surface area contributed by atoms with Crippen LogP contribution in [0.3, 0.4) is 0 Å². The van der Waals surface area contributed by atoms with E-state index in [1.807, 2.05) is 37.3 Å². The lowest BCUT2D eigenvalue weighted by atomic mass is 10.1. The number of nitro benzene ring substituents is 1. The van der Waals surface area contributed by atoms with Crippen molar-refractivity contribution in [1.82, 2.24) is 4.90 Å². The van der Waals surface area contributed by atoms with Crippen LogP contribution in [0.4, 0.5) is 11.4 Å². The van der Waals surface area contributed by atoms with Crippen LogP contribution in [0.1, 0.15) is 24.9 Å². The highest BCUT2D eigenvalue weighted by Crippen LogP contribution is 2.30. The van der Waals surface area contributed by atoms with Crippen molar-refractivity contribution in [1.29, 1.82) is 0 Å². The van der Waals surface area contributed by atoms with Crippen LogP contribution in [0.5, 0.6) is 5.75 Å². The van der Waals surface area contributed by atoms with E-state index in [2.05, 4.69) is 5.32 Å². The average molecular weight is 441 g/mol. The number of carbonyl (C=O) groups is 3. The van der Waals surface area contributed by atoms with Gasteiger partial charge in [0.25, 0.3) is 11.6 Å². The summed E-state index contributed by atoms with van der Waals surface area (Å²) in [5.74, 6) is -1.95. The molecule has 0 unspecified atom stereocenters. The minimum absolute atomic E-state index is 0.00101. The van der Waals surface area contributed by atoms with Crippen LogP contribution in [0, 0.1) is 16.0 Å². The molecular weight excluding hydrogens is 418 g/mol. The number of esters is 1. The summed E-state index contributed by atoms with van der Waals surface area (Å²) in [5.41, 5.74) is 0.556. The van der Waals surface area contributed by atoms with Crippen LogP contribution in [-0.4, -0.2) is 47.9 Å². The van der Waals surface area contributed by atoms with Gasteiger partial charge in [0, 0.05) is 25.1 Å². The summed E-state index contributed by atoms with van der Waals surface area (Å²) in [4.78, 5) is 49.1. The first kappa shape index (κ1) is 22.7. The van der Waals surface area contributed by atoms with Gasteiger partial charge < -0.3 is 19.7 Å². The van der Waals surface area contributed by atoms with Gasteiger partial charge in [-0.15, -0.1) is 0 Å². The van der Waals surface area contributed by atoms with Crippen molar-refractivity contribution in [2.45, 2.75) is 19.4 Å². The van der Waals surface area contributed by atoms with Crippen LogP contribution in [0.15, 0.2) is 48.5 Å². The Balaban J connectivity index is 1.56. The van der Waals surface area contributed by atoms with Crippen LogP contribution in [-0.2, 0) is 19.1 Å². The van der Waals surface area contributed by atoms with Gasteiger partial charge in [-0.2, -0.15) is 0 Å². The number of amides is 2. The van der Waals surface area contributed by atoms with E-state index in [-0.39, 0.29) is 36.3 Å². The maximum atomic E-state index is 12.4. The van der Waals surface area contributed by atoms with Crippen molar-refractivity contribution in [3.8, 4) is 5.75 Å². The molecule has 2 aromatic rings. The normalized spacial score (nSPS) is 16.4. The monoisotopic (exact) mass is 441 g/mol. The summed E-state index contributed by atoms with van der Waals surface area (Å²) in [7, 11) is 1.39. The highest BCUT2D eigenvalue weighted by Gasteiger charge is 2.38. The van der Waals surface area contributed by atoms with Gasteiger partial charge in [0.05, 0.1) is 24.0 Å². The number of nitrogens with zero attached hydrogens (tertiary/aromatic N) is 2. The highest BCUT2D eigenvalue weighted by atomic mass is 16.6. The van der Waals surface area contributed by atoms with Gasteiger partial charge in [0.2, 0.25) is 5.91 Å². The third-order valence-electron chi connectivity index (χ3n) is 5.26. The van der Waals surface area contributed by atoms with E-state index in [0.717, 1.165) is 5.56 Å². The molecule has 1 heterocycles. The lowest BCUT2D eigenvalue weighted by Crippen LogP contribution is -2.30. The fourth-order valence-electron chi connectivity index (χ4n) is 3.52. The van der Waals surface area contributed by atoms with E-state index in [1.54, 1.807) is 4.90 Å². The summed E-state index contributed by atoms with van der Waals surface area (Å²) in [5, 5.41) is 13.5. The van der Waals surface area contributed by atoms with Crippen LogP contribution in [0.25, 0.3) is 0 Å². The number of hydrogen-bond acceptors (Lipinski definition) is 7. The van der Waals surface area contributed by atoms with E-state index in [0.29, 0.717) is 5.75 Å². The number of benzene rings is 2. The third-order valence-corrected chi connectivity index (χ3v) is 5.26. The first-order valence-electron chi connectivity index (χ1n) is 9.93. The Bertz CT molecular complexity index is 1030. The molecule has 0 aromatic heterocycles. The van der Waals surface area contributed by atoms with Gasteiger partial charge in [0.1, 0.15) is 11.4 Å². The van der Waals surface area contributed by atoms with Gasteiger partial charge in [-0.25, -0.2) is 0 Å². The van der Waals surface area contributed by atoms with Crippen molar-refractivity contribution in [2.75, 3.05) is 25.6 Å². The lowest BCUT2D eigenvalue weighted by Gasteiger charge is -2.25. The number of nitro groups is 1. The van der Waals surface area contributed by atoms with Crippen molar-refractivity contribution >= 4 is 29.2 Å². The molecule has 0 aliphatic carbocycles. The topological polar surface area (TPSA) is 128 Å². The molecule has 1 aliphatic rings. The molecule has 1 N–H and O–H groups in total. The molecule has 2 amide bonds. The Hall–Kier alpha value is -3.95. The Morgan fingerprint density at radius 2 is 1.97 bits per heavy atom. The smallest absolute Gasteiger partial charge is 0.311 e. The minimum atomic E-state index is -0.742. The van der Waals surface area contributed by atoms with Crippen molar-refractivity contribution in [3.05, 3.63) is 64.2 Å². The predicted octanol–water partition coefficient (Wildman–Crippen LogP) is 2.69. The van der Waals surface area contributed by atoms with Crippen LogP contribution in [0.2, 0.25) is 0 Å². The SMILES string of the molecule is COc1ccc([N+](=O)[O-])c(NC(=O)COC(=O)[C@H]2CC(=O)N([C@H](C)c3ccccc3)C2)c1. The minimum Gasteiger partial charge on any atom is -0.497 e. The van der Waals surface area contributed by atoms with Gasteiger partial charge in [0.15, 0.2) is 6.61 Å². The summed E-state index contributed by atoms with van der Waals surface area (Å²) in [6, 6.07) is 13.2. The number of likely N-dealkylation sites (tertiary alicyclic amines) is 1. The van der Waals surface area contributed by atoms with Gasteiger partial charge in [-0.1, -0.05) is 30.3 Å². The number of nitrogens with one attached hydrogen (secondary N) is 1. The molecule has 32 heavy (non-hydrogen) atoms. The Morgan fingerprint density at radius 3 is 2.62 bits per heavy atom. The molecule has 2 atom stereocenters. The highest BCUT2D eigenvalue weighted by molar-refractivity contribution is 5.95. The van der Waals surface area contributed by atoms with Gasteiger partial charge in [-0.05, 0) is 18.6 Å².